The fourth-order valence-electron chi connectivity index (χ4n) is 1.92. The summed E-state index contributed by atoms with van der Waals surface area (Å²) < 4.78 is 11.5. The Balaban J connectivity index is 2.02. The lowest BCUT2D eigenvalue weighted by Gasteiger charge is -2.00. The van der Waals surface area contributed by atoms with Gasteiger partial charge < -0.3 is 9.15 Å². The van der Waals surface area contributed by atoms with E-state index in [1.807, 2.05) is 6.07 Å². The number of fused-ring (bicyclic) bond motifs is 1. The molecule has 0 aliphatic rings. The van der Waals surface area contributed by atoms with E-state index in [1.165, 1.54) is 0 Å². The van der Waals surface area contributed by atoms with Crippen LogP contribution in [0.5, 0.6) is 0 Å². The summed E-state index contributed by atoms with van der Waals surface area (Å²) in [5, 5.41) is 0. The van der Waals surface area contributed by atoms with E-state index < -0.39 is 0 Å². The van der Waals surface area contributed by atoms with Crippen LogP contribution in [0.3, 0.4) is 0 Å². The van der Waals surface area contributed by atoms with Crippen LogP contribution in [0.4, 0.5) is 0 Å². The highest BCUT2D eigenvalue weighted by Crippen LogP contribution is 2.26. The van der Waals surface area contributed by atoms with Crippen LogP contribution in [0, 0.1) is 0 Å². The number of ether oxygens (including phenoxy) is 1. The van der Waals surface area contributed by atoms with Crippen LogP contribution in [-0.2, 0) is 4.74 Å². The molecule has 6 heteroatoms. The quantitative estimate of drug-likeness (QED) is 0.674. The summed E-state index contributed by atoms with van der Waals surface area (Å²) in [5.74, 6) is 0.0906. The molecule has 1 aromatic carbocycles. The minimum Gasteiger partial charge on any atom is -0.462 e. The first-order chi connectivity index (χ1) is 10.2. The Labute approximate surface area is 129 Å². The first kappa shape index (κ1) is 13.8. The topological polar surface area (TPSA) is 65.2 Å². The van der Waals surface area contributed by atoms with Gasteiger partial charge in [0.25, 0.3) is 0 Å². The summed E-state index contributed by atoms with van der Waals surface area (Å²) in [6, 6.07) is 6.90. The van der Waals surface area contributed by atoms with E-state index in [0.717, 1.165) is 10.0 Å². The summed E-state index contributed by atoms with van der Waals surface area (Å²) in [6.07, 6.45) is 3.35. The molecule has 5 nitrogen and oxygen atoms in total. The molecule has 2 heterocycles. The smallest absolute Gasteiger partial charge is 0.338 e. The van der Waals surface area contributed by atoms with Gasteiger partial charge in [0.05, 0.1) is 17.7 Å². The van der Waals surface area contributed by atoms with E-state index >= 15 is 0 Å². The normalized spacial score (nSPS) is 10.8. The zero-order valence-corrected chi connectivity index (χ0v) is 12.8. The van der Waals surface area contributed by atoms with E-state index in [-0.39, 0.29) is 5.97 Å². The molecule has 0 atom stereocenters. The number of aromatic nitrogens is 2. The average molecular weight is 347 g/mol. The predicted molar refractivity (Wildman–Crippen MR) is 80.9 cm³/mol. The maximum atomic E-state index is 11.7. The van der Waals surface area contributed by atoms with Crippen LogP contribution >= 0.6 is 15.9 Å². The minimum atomic E-state index is -0.368. The number of hydrogen-bond donors (Lipinski definition) is 0. The van der Waals surface area contributed by atoms with E-state index in [9.17, 15) is 4.79 Å². The summed E-state index contributed by atoms with van der Waals surface area (Å²) in [4.78, 5) is 20.2. The Morgan fingerprint density at radius 3 is 2.95 bits per heavy atom. The Morgan fingerprint density at radius 2 is 2.19 bits per heavy atom. The number of esters is 1. The maximum absolute atomic E-state index is 11.7. The Bertz CT molecular complexity index is 814. The number of hydrogen-bond acceptors (Lipinski definition) is 5. The number of rotatable bonds is 3. The van der Waals surface area contributed by atoms with Gasteiger partial charge in [0.15, 0.2) is 5.58 Å². The lowest BCUT2D eigenvalue weighted by atomic mass is 10.2. The fraction of sp³-hybridized carbons (Fsp3) is 0.133. The van der Waals surface area contributed by atoms with Gasteiger partial charge in [0, 0.05) is 16.9 Å². The van der Waals surface area contributed by atoms with Crippen LogP contribution in [0.15, 0.2) is 45.5 Å². The molecule has 0 saturated heterocycles. The van der Waals surface area contributed by atoms with E-state index in [1.54, 1.807) is 37.5 Å². The third-order valence-corrected chi connectivity index (χ3v) is 3.28. The number of halogens is 1. The van der Waals surface area contributed by atoms with Crippen molar-refractivity contribution in [3.05, 3.63) is 46.7 Å². The number of oxazole rings is 1. The minimum absolute atomic E-state index is 0.338. The second kappa shape index (κ2) is 5.65. The van der Waals surface area contributed by atoms with Crippen molar-refractivity contribution in [2.45, 2.75) is 6.92 Å². The van der Waals surface area contributed by atoms with Gasteiger partial charge in [-0.2, -0.15) is 0 Å². The molecule has 0 saturated carbocycles. The van der Waals surface area contributed by atoms with E-state index in [4.69, 9.17) is 9.15 Å². The predicted octanol–water partition coefficient (Wildman–Crippen LogP) is 3.83. The van der Waals surface area contributed by atoms with Crippen LogP contribution in [0.2, 0.25) is 0 Å². The summed E-state index contributed by atoms with van der Waals surface area (Å²) in [7, 11) is 0. The van der Waals surface area contributed by atoms with Crippen molar-refractivity contribution in [1.82, 2.24) is 9.97 Å². The third kappa shape index (κ3) is 2.80. The molecule has 0 amide bonds. The van der Waals surface area contributed by atoms with Crippen LogP contribution in [0.25, 0.3) is 22.6 Å². The van der Waals surface area contributed by atoms with Crippen molar-refractivity contribution in [3.63, 3.8) is 0 Å². The van der Waals surface area contributed by atoms with Gasteiger partial charge in [0.1, 0.15) is 5.52 Å². The lowest BCUT2D eigenvalue weighted by Crippen LogP contribution is -2.03. The Kier molecular flexibility index (Phi) is 3.70. The zero-order valence-electron chi connectivity index (χ0n) is 11.2. The lowest BCUT2D eigenvalue weighted by molar-refractivity contribution is 0.0526. The van der Waals surface area contributed by atoms with Gasteiger partial charge in [-0.05, 0) is 47.1 Å². The van der Waals surface area contributed by atoms with Crippen molar-refractivity contribution < 1.29 is 13.9 Å². The monoisotopic (exact) mass is 346 g/mol. The SMILES string of the molecule is CCOC(=O)c1ccc2oc(-c3cncc(Br)c3)nc2c1. The molecule has 2 aromatic heterocycles. The molecule has 0 N–H and O–H groups in total. The largest absolute Gasteiger partial charge is 0.462 e. The molecule has 0 radical (unpaired) electrons. The van der Waals surface area contributed by atoms with Gasteiger partial charge in [0.2, 0.25) is 5.89 Å². The van der Waals surface area contributed by atoms with Crippen molar-refractivity contribution in [1.29, 1.82) is 0 Å². The number of benzene rings is 1. The fourth-order valence-corrected chi connectivity index (χ4v) is 2.29. The average Bonchev–Trinajstić information content (AvgIpc) is 2.90. The molecule has 106 valence electrons. The first-order valence-corrected chi connectivity index (χ1v) is 7.15. The molecule has 0 aliphatic heterocycles. The van der Waals surface area contributed by atoms with Gasteiger partial charge in [-0.15, -0.1) is 0 Å². The highest BCUT2D eigenvalue weighted by molar-refractivity contribution is 9.10. The van der Waals surface area contributed by atoms with Crippen molar-refractivity contribution in [2.24, 2.45) is 0 Å². The van der Waals surface area contributed by atoms with Crippen molar-refractivity contribution in [2.75, 3.05) is 6.61 Å². The first-order valence-electron chi connectivity index (χ1n) is 6.36. The summed E-state index contributed by atoms with van der Waals surface area (Å²) in [5.41, 5.74) is 2.43. The molecule has 0 spiro atoms. The number of pyridine rings is 1. The zero-order chi connectivity index (χ0) is 14.8. The van der Waals surface area contributed by atoms with Gasteiger partial charge >= 0.3 is 5.97 Å². The Morgan fingerprint density at radius 1 is 1.33 bits per heavy atom. The molecule has 3 aromatic rings. The molecule has 3 rings (SSSR count). The number of nitrogens with zero attached hydrogens (tertiary/aromatic N) is 2. The van der Waals surface area contributed by atoms with Crippen molar-refractivity contribution >= 4 is 33.0 Å². The second-order valence-corrected chi connectivity index (χ2v) is 5.23. The maximum Gasteiger partial charge on any atom is 0.338 e. The molecule has 0 aliphatic carbocycles. The van der Waals surface area contributed by atoms with E-state index in [0.29, 0.717) is 29.2 Å². The second-order valence-electron chi connectivity index (χ2n) is 4.31. The third-order valence-electron chi connectivity index (χ3n) is 2.85. The Hall–Kier alpha value is -2.21. The molecule has 0 bridgehead atoms. The van der Waals surface area contributed by atoms with Crippen LogP contribution in [0.1, 0.15) is 17.3 Å². The highest BCUT2D eigenvalue weighted by atomic mass is 79.9. The number of carbonyl (C=O) groups is 1. The van der Waals surface area contributed by atoms with Gasteiger partial charge in [-0.1, -0.05) is 0 Å². The molecular formula is C15H11BrN2O3. The van der Waals surface area contributed by atoms with Crippen LogP contribution < -0.4 is 0 Å². The number of carbonyl (C=O) groups excluding carboxylic acids is 1. The van der Waals surface area contributed by atoms with Crippen molar-refractivity contribution in [3.8, 4) is 11.5 Å². The van der Waals surface area contributed by atoms with Gasteiger partial charge in [-0.3, -0.25) is 4.98 Å². The van der Waals surface area contributed by atoms with Crippen LogP contribution in [-0.4, -0.2) is 22.5 Å². The van der Waals surface area contributed by atoms with E-state index in [2.05, 4.69) is 25.9 Å². The molecule has 0 fully saturated rings. The van der Waals surface area contributed by atoms with Gasteiger partial charge in [-0.25, -0.2) is 9.78 Å². The standard InChI is InChI=1S/C15H11BrN2O3/c1-2-20-15(19)9-3-4-13-12(6-9)18-14(21-13)10-5-11(16)8-17-7-10/h3-8H,2H2,1H3. The molecule has 21 heavy (non-hydrogen) atoms. The summed E-state index contributed by atoms with van der Waals surface area (Å²) in [6.45, 7) is 2.11. The molecule has 0 unspecified atom stereocenters. The molecular weight excluding hydrogens is 336 g/mol. The highest BCUT2D eigenvalue weighted by Gasteiger charge is 2.12. The summed E-state index contributed by atoms with van der Waals surface area (Å²) >= 11 is 3.36.